The number of H-pyrrole nitrogens is 1. The molecule has 1 aliphatic heterocycles. The first-order valence-electron chi connectivity index (χ1n) is 9.49. The van der Waals surface area contributed by atoms with E-state index in [1.54, 1.807) is 7.11 Å². The summed E-state index contributed by atoms with van der Waals surface area (Å²) in [5.41, 5.74) is 5.85. The van der Waals surface area contributed by atoms with Gasteiger partial charge in [0.15, 0.2) is 0 Å². The fraction of sp³-hybridized carbons (Fsp3) is 0.381. The molecule has 0 saturated heterocycles. The second-order valence-corrected chi connectivity index (χ2v) is 6.97. The minimum Gasteiger partial charge on any atom is -0.497 e. The zero-order chi connectivity index (χ0) is 18.6. The van der Waals surface area contributed by atoms with Crippen molar-refractivity contribution < 1.29 is 4.74 Å². The van der Waals surface area contributed by atoms with E-state index in [4.69, 9.17) is 9.72 Å². The van der Waals surface area contributed by atoms with Crippen LogP contribution in [0.4, 0.5) is 0 Å². The third-order valence-corrected chi connectivity index (χ3v) is 5.03. The Kier molecular flexibility index (Phi) is 5.16. The van der Waals surface area contributed by atoms with Crippen molar-refractivity contribution in [2.45, 2.75) is 39.3 Å². The maximum atomic E-state index is 5.25. The number of benzene rings is 1. The molecule has 0 atom stereocenters. The molecule has 0 saturated carbocycles. The monoisotopic (exact) mass is 363 g/mol. The van der Waals surface area contributed by atoms with Gasteiger partial charge in [0.2, 0.25) is 0 Å². The van der Waals surface area contributed by atoms with Crippen LogP contribution < -0.4 is 4.74 Å². The summed E-state index contributed by atoms with van der Waals surface area (Å²) < 4.78 is 5.25. The van der Waals surface area contributed by atoms with Gasteiger partial charge in [0.25, 0.3) is 0 Å². The second kappa shape index (κ2) is 7.88. The van der Waals surface area contributed by atoms with Crippen molar-refractivity contribution in [2.24, 2.45) is 0 Å². The fourth-order valence-corrected chi connectivity index (χ4v) is 3.57. The molecule has 27 heavy (non-hydrogen) atoms. The Morgan fingerprint density at radius 1 is 1.19 bits per heavy atom. The van der Waals surface area contributed by atoms with E-state index in [0.717, 1.165) is 61.7 Å². The highest BCUT2D eigenvalue weighted by atomic mass is 16.5. The van der Waals surface area contributed by atoms with Crippen LogP contribution in [0.2, 0.25) is 0 Å². The lowest BCUT2D eigenvalue weighted by molar-refractivity contribution is 0.243. The average molecular weight is 363 g/mol. The Morgan fingerprint density at radius 3 is 2.81 bits per heavy atom. The third kappa shape index (κ3) is 3.85. The summed E-state index contributed by atoms with van der Waals surface area (Å²) in [7, 11) is 1.68. The molecule has 2 aromatic heterocycles. The van der Waals surface area contributed by atoms with Crippen molar-refractivity contribution in [3.63, 3.8) is 0 Å². The minimum absolute atomic E-state index is 0.855. The molecule has 1 N–H and O–H groups in total. The first kappa shape index (κ1) is 17.7. The molecule has 0 aliphatic carbocycles. The van der Waals surface area contributed by atoms with Crippen LogP contribution in [0.3, 0.4) is 0 Å². The molecule has 1 aromatic carbocycles. The standard InChI is InChI=1S/C21H25N5O/c1-3-4-20-22-11-16-13-26(10-9-19(16)24-20)14-17-12-23-25-21(17)15-5-7-18(27-2)8-6-15/h5-8,11-12H,3-4,9-10,13-14H2,1-2H3,(H,23,25). The molecule has 0 fully saturated rings. The SMILES string of the molecule is CCCc1ncc2c(n1)CCN(Cc1cn[nH]c1-c1ccc(OC)cc1)C2. The van der Waals surface area contributed by atoms with Crippen molar-refractivity contribution >= 4 is 0 Å². The largest absolute Gasteiger partial charge is 0.497 e. The van der Waals surface area contributed by atoms with Crippen LogP contribution in [-0.2, 0) is 25.9 Å². The Morgan fingerprint density at radius 2 is 2.04 bits per heavy atom. The normalized spacial score (nSPS) is 14.1. The number of ether oxygens (including phenoxy) is 1. The zero-order valence-electron chi connectivity index (χ0n) is 15.9. The average Bonchev–Trinajstić information content (AvgIpc) is 3.16. The molecule has 6 heteroatoms. The van der Waals surface area contributed by atoms with Crippen LogP contribution in [-0.4, -0.2) is 38.7 Å². The molecule has 140 valence electrons. The molecule has 3 heterocycles. The van der Waals surface area contributed by atoms with E-state index < -0.39 is 0 Å². The number of rotatable bonds is 6. The van der Waals surface area contributed by atoms with E-state index in [0.29, 0.717) is 0 Å². The Balaban J connectivity index is 1.48. The van der Waals surface area contributed by atoms with Gasteiger partial charge in [0, 0.05) is 61.1 Å². The van der Waals surface area contributed by atoms with Gasteiger partial charge in [-0.05, 0) is 30.7 Å². The zero-order valence-corrected chi connectivity index (χ0v) is 15.9. The highest BCUT2D eigenvalue weighted by Crippen LogP contribution is 2.26. The first-order valence-corrected chi connectivity index (χ1v) is 9.49. The highest BCUT2D eigenvalue weighted by molar-refractivity contribution is 5.63. The summed E-state index contributed by atoms with van der Waals surface area (Å²) in [6, 6.07) is 8.07. The second-order valence-electron chi connectivity index (χ2n) is 6.97. The van der Waals surface area contributed by atoms with Crippen LogP contribution >= 0.6 is 0 Å². The minimum atomic E-state index is 0.855. The van der Waals surface area contributed by atoms with Gasteiger partial charge in [-0.15, -0.1) is 0 Å². The van der Waals surface area contributed by atoms with E-state index >= 15 is 0 Å². The summed E-state index contributed by atoms with van der Waals surface area (Å²) >= 11 is 0. The molecule has 6 nitrogen and oxygen atoms in total. The molecule has 0 unspecified atom stereocenters. The van der Waals surface area contributed by atoms with Crippen LogP contribution in [0.25, 0.3) is 11.3 Å². The lowest BCUT2D eigenvalue weighted by Crippen LogP contribution is -2.31. The van der Waals surface area contributed by atoms with Crippen molar-refractivity contribution in [3.8, 4) is 17.0 Å². The van der Waals surface area contributed by atoms with Gasteiger partial charge in [-0.25, -0.2) is 9.97 Å². The molecule has 0 bridgehead atoms. The lowest BCUT2D eigenvalue weighted by Gasteiger charge is -2.28. The molecule has 1 aliphatic rings. The van der Waals surface area contributed by atoms with Crippen LogP contribution in [0, 0.1) is 0 Å². The number of methoxy groups -OCH3 is 1. The van der Waals surface area contributed by atoms with Crippen molar-refractivity contribution in [3.05, 3.63) is 59.3 Å². The predicted molar refractivity (Wildman–Crippen MR) is 104 cm³/mol. The van der Waals surface area contributed by atoms with Gasteiger partial charge >= 0.3 is 0 Å². The summed E-state index contributed by atoms with van der Waals surface area (Å²) in [5.74, 6) is 1.83. The van der Waals surface area contributed by atoms with Gasteiger partial charge < -0.3 is 4.74 Å². The topological polar surface area (TPSA) is 66.9 Å². The van der Waals surface area contributed by atoms with E-state index in [2.05, 4.69) is 39.1 Å². The van der Waals surface area contributed by atoms with Gasteiger partial charge in [0.1, 0.15) is 11.6 Å². The van der Waals surface area contributed by atoms with Crippen LogP contribution in [0.15, 0.2) is 36.7 Å². The third-order valence-electron chi connectivity index (χ3n) is 5.03. The number of hydrogen-bond acceptors (Lipinski definition) is 5. The number of aromatic amines is 1. The van der Waals surface area contributed by atoms with Crippen molar-refractivity contribution in [2.75, 3.05) is 13.7 Å². The summed E-state index contributed by atoms with van der Waals surface area (Å²) in [5, 5.41) is 7.42. The molecule has 0 amide bonds. The van der Waals surface area contributed by atoms with E-state index in [9.17, 15) is 0 Å². The summed E-state index contributed by atoms with van der Waals surface area (Å²) in [4.78, 5) is 11.7. The van der Waals surface area contributed by atoms with Gasteiger partial charge in [-0.2, -0.15) is 5.10 Å². The van der Waals surface area contributed by atoms with E-state index in [1.807, 2.05) is 24.5 Å². The maximum absolute atomic E-state index is 5.25. The molecular weight excluding hydrogens is 338 g/mol. The summed E-state index contributed by atoms with van der Waals surface area (Å²) in [6.45, 7) is 4.90. The predicted octanol–water partition coefficient (Wildman–Crippen LogP) is 3.39. The fourth-order valence-electron chi connectivity index (χ4n) is 3.57. The molecular formula is C21H25N5O. The Labute approximate surface area is 159 Å². The maximum Gasteiger partial charge on any atom is 0.128 e. The smallest absolute Gasteiger partial charge is 0.128 e. The number of nitrogens with one attached hydrogen (secondary N) is 1. The van der Waals surface area contributed by atoms with E-state index in [1.165, 1.54) is 16.8 Å². The van der Waals surface area contributed by atoms with Crippen LogP contribution in [0.1, 0.15) is 36.0 Å². The van der Waals surface area contributed by atoms with Crippen molar-refractivity contribution in [1.29, 1.82) is 0 Å². The Hall–Kier alpha value is -2.73. The lowest BCUT2D eigenvalue weighted by atomic mass is 10.0. The van der Waals surface area contributed by atoms with Gasteiger partial charge in [-0.1, -0.05) is 6.92 Å². The molecule has 0 spiro atoms. The Bertz CT molecular complexity index is 903. The van der Waals surface area contributed by atoms with E-state index in [-0.39, 0.29) is 0 Å². The number of hydrogen-bond donors (Lipinski definition) is 1. The first-order chi connectivity index (χ1) is 13.3. The number of aromatic nitrogens is 4. The number of aryl methyl sites for hydroxylation is 1. The molecule has 0 radical (unpaired) electrons. The quantitative estimate of drug-likeness (QED) is 0.727. The van der Waals surface area contributed by atoms with Crippen LogP contribution in [0.5, 0.6) is 5.75 Å². The summed E-state index contributed by atoms with van der Waals surface area (Å²) in [6.07, 6.45) is 6.95. The highest BCUT2D eigenvalue weighted by Gasteiger charge is 2.20. The van der Waals surface area contributed by atoms with Gasteiger partial charge in [0.05, 0.1) is 19.0 Å². The van der Waals surface area contributed by atoms with Crippen molar-refractivity contribution in [1.82, 2.24) is 25.1 Å². The molecule has 3 aromatic rings. The number of fused-ring (bicyclic) bond motifs is 1. The molecule has 4 rings (SSSR count). The number of nitrogens with zero attached hydrogens (tertiary/aromatic N) is 4. The van der Waals surface area contributed by atoms with Gasteiger partial charge in [-0.3, -0.25) is 10.00 Å².